The van der Waals surface area contributed by atoms with Crippen LogP contribution in [-0.2, 0) is 13.1 Å². The molecule has 0 aliphatic carbocycles. The summed E-state index contributed by atoms with van der Waals surface area (Å²) < 4.78 is 10.9. The highest BCUT2D eigenvalue weighted by atomic mass is 16.5. The van der Waals surface area contributed by atoms with Gasteiger partial charge in [-0.3, -0.25) is 4.90 Å². The smallest absolute Gasteiger partial charge is 0.165 e. The van der Waals surface area contributed by atoms with Crippen LogP contribution in [0.1, 0.15) is 24.5 Å². The molecule has 2 aromatic carbocycles. The van der Waals surface area contributed by atoms with Gasteiger partial charge in [-0.1, -0.05) is 49.4 Å². The standard InChI is InChI=1S/C20H27NO3/c1-4-18(22)15-21(13-16-9-6-5-7-10-16)14-17-11-8-12-19(23-2)20(17)24-3/h5-12,18,22H,4,13-15H2,1-3H3. The van der Waals surface area contributed by atoms with Crippen LogP contribution in [0.5, 0.6) is 11.5 Å². The summed E-state index contributed by atoms with van der Waals surface area (Å²) >= 11 is 0. The third kappa shape index (κ3) is 4.98. The van der Waals surface area contributed by atoms with E-state index in [0.717, 1.165) is 30.0 Å². The lowest BCUT2D eigenvalue weighted by atomic mass is 10.1. The Kier molecular flexibility index (Phi) is 7.09. The van der Waals surface area contributed by atoms with Gasteiger partial charge in [-0.05, 0) is 18.1 Å². The minimum Gasteiger partial charge on any atom is -0.493 e. The molecular formula is C20H27NO3. The number of hydrogen-bond acceptors (Lipinski definition) is 4. The van der Waals surface area contributed by atoms with Crippen LogP contribution in [0.25, 0.3) is 0 Å². The van der Waals surface area contributed by atoms with Crippen molar-refractivity contribution < 1.29 is 14.6 Å². The van der Waals surface area contributed by atoms with E-state index in [-0.39, 0.29) is 6.10 Å². The number of methoxy groups -OCH3 is 2. The highest BCUT2D eigenvalue weighted by Gasteiger charge is 2.16. The summed E-state index contributed by atoms with van der Waals surface area (Å²) in [4.78, 5) is 2.24. The number of hydrogen-bond donors (Lipinski definition) is 1. The number of para-hydroxylation sites is 1. The van der Waals surface area contributed by atoms with Crippen LogP contribution in [0.4, 0.5) is 0 Å². The molecule has 0 saturated heterocycles. The van der Waals surface area contributed by atoms with Crippen molar-refractivity contribution in [2.75, 3.05) is 20.8 Å². The zero-order valence-electron chi connectivity index (χ0n) is 14.7. The van der Waals surface area contributed by atoms with Crippen LogP contribution in [0.15, 0.2) is 48.5 Å². The Balaban J connectivity index is 2.21. The minimum atomic E-state index is -0.342. The Morgan fingerprint density at radius 2 is 1.71 bits per heavy atom. The minimum absolute atomic E-state index is 0.342. The second-order valence-electron chi connectivity index (χ2n) is 5.87. The normalized spacial score (nSPS) is 12.2. The van der Waals surface area contributed by atoms with E-state index in [1.165, 1.54) is 5.56 Å². The van der Waals surface area contributed by atoms with Gasteiger partial charge < -0.3 is 14.6 Å². The lowest BCUT2D eigenvalue weighted by molar-refractivity contribution is 0.101. The number of aliphatic hydroxyl groups is 1. The summed E-state index contributed by atoms with van der Waals surface area (Å²) in [7, 11) is 3.30. The molecule has 24 heavy (non-hydrogen) atoms. The van der Waals surface area contributed by atoms with E-state index in [1.54, 1.807) is 14.2 Å². The number of benzene rings is 2. The first-order valence-corrected chi connectivity index (χ1v) is 8.32. The van der Waals surface area contributed by atoms with E-state index in [9.17, 15) is 5.11 Å². The molecule has 1 N–H and O–H groups in total. The quantitative estimate of drug-likeness (QED) is 0.765. The Morgan fingerprint density at radius 3 is 2.33 bits per heavy atom. The zero-order valence-corrected chi connectivity index (χ0v) is 14.7. The first kappa shape index (κ1) is 18.3. The first-order valence-electron chi connectivity index (χ1n) is 8.32. The van der Waals surface area contributed by atoms with Crippen LogP contribution in [0, 0.1) is 0 Å². The van der Waals surface area contributed by atoms with Gasteiger partial charge in [0.1, 0.15) is 0 Å². The fourth-order valence-corrected chi connectivity index (χ4v) is 2.77. The maximum absolute atomic E-state index is 10.1. The van der Waals surface area contributed by atoms with E-state index in [1.807, 2.05) is 43.3 Å². The van der Waals surface area contributed by atoms with Gasteiger partial charge >= 0.3 is 0 Å². The molecule has 0 aromatic heterocycles. The number of ether oxygens (including phenoxy) is 2. The molecule has 1 unspecified atom stereocenters. The largest absolute Gasteiger partial charge is 0.493 e. The number of rotatable bonds is 9. The molecule has 0 fully saturated rings. The topological polar surface area (TPSA) is 41.9 Å². The van der Waals surface area contributed by atoms with Crippen molar-refractivity contribution in [3.63, 3.8) is 0 Å². The molecule has 0 aliphatic heterocycles. The van der Waals surface area contributed by atoms with Crippen LogP contribution < -0.4 is 9.47 Å². The highest BCUT2D eigenvalue weighted by Crippen LogP contribution is 2.31. The maximum Gasteiger partial charge on any atom is 0.165 e. The summed E-state index contributed by atoms with van der Waals surface area (Å²) in [6.45, 7) is 4.08. The van der Waals surface area contributed by atoms with Crippen molar-refractivity contribution in [1.29, 1.82) is 0 Å². The fourth-order valence-electron chi connectivity index (χ4n) is 2.77. The summed E-state index contributed by atoms with van der Waals surface area (Å²) in [6, 6.07) is 16.2. The molecule has 2 rings (SSSR count). The molecule has 0 spiro atoms. The van der Waals surface area contributed by atoms with E-state index >= 15 is 0 Å². The van der Waals surface area contributed by atoms with Crippen molar-refractivity contribution in [2.45, 2.75) is 32.5 Å². The molecule has 130 valence electrons. The lowest BCUT2D eigenvalue weighted by Gasteiger charge is -2.26. The summed E-state index contributed by atoms with van der Waals surface area (Å²) in [6.07, 6.45) is 0.394. The average Bonchev–Trinajstić information content (AvgIpc) is 2.62. The molecule has 0 amide bonds. The second kappa shape index (κ2) is 9.30. The first-order chi connectivity index (χ1) is 11.7. The number of aliphatic hydroxyl groups excluding tert-OH is 1. The van der Waals surface area contributed by atoms with Gasteiger partial charge in [0, 0.05) is 25.2 Å². The van der Waals surface area contributed by atoms with Crippen LogP contribution in [0.3, 0.4) is 0 Å². The van der Waals surface area contributed by atoms with E-state index in [2.05, 4.69) is 17.0 Å². The van der Waals surface area contributed by atoms with Crippen molar-refractivity contribution >= 4 is 0 Å². The predicted octanol–water partition coefficient (Wildman–Crippen LogP) is 3.48. The van der Waals surface area contributed by atoms with E-state index in [0.29, 0.717) is 13.1 Å². The fraction of sp³-hybridized carbons (Fsp3) is 0.400. The monoisotopic (exact) mass is 329 g/mol. The van der Waals surface area contributed by atoms with Gasteiger partial charge in [-0.15, -0.1) is 0 Å². The molecule has 2 aromatic rings. The molecule has 0 bridgehead atoms. The summed E-state index contributed by atoms with van der Waals surface area (Å²) in [5, 5.41) is 10.1. The molecule has 0 aliphatic rings. The molecule has 4 heteroatoms. The van der Waals surface area contributed by atoms with Gasteiger partial charge in [-0.2, -0.15) is 0 Å². The van der Waals surface area contributed by atoms with Crippen LogP contribution in [0.2, 0.25) is 0 Å². The Hall–Kier alpha value is -2.04. The predicted molar refractivity (Wildman–Crippen MR) is 96.4 cm³/mol. The van der Waals surface area contributed by atoms with Gasteiger partial charge in [0.2, 0.25) is 0 Å². The molecular weight excluding hydrogens is 302 g/mol. The van der Waals surface area contributed by atoms with Crippen LogP contribution >= 0.6 is 0 Å². The second-order valence-corrected chi connectivity index (χ2v) is 5.87. The van der Waals surface area contributed by atoms with Crippen LogP contribution in [-0.4, -0.2) is 36.9 Å². The van der Waals surface area contributed by atoms with Crippen molar-refractivity contribution in [3.8, 4) is 11.5 Å². The van der Waals surface area contributed by atoms with Gasteiger partial charge in [0.25, 0.3) is 0 Å². The third-order valence-corrected chi connectivity index (χ3v) is 4.07. The van der Waals surface area contributed by atoms with Gasteiger partial charge in [0.15, 0.2) is 11.5 Å². The van der Waals surface area contributed by atoms with Crippen molar-refractivity contribution in [3.05, 3.63) is 59.7 Å². The average molecular weight is 329 g/mol. The number of nitrogens with zero attached hydrogens (tertiary/aromatic N) is 1. The summed E-state index contributed by atoms with van der Waals surface area (Å²) in [5.41, 5.74) is 2.28. The van der Waals surface area contributed by atoms with Gasteiger partial charge in [-0.25, -0.2) is 0 Å². The molecule has 0 saturated carbocycles. The summed E-state index contributed by atoms with van der Waals surface area (Å²) in [5.74, 6) is 1.48. The third-order valence-electron chi connectivity index (χ3n) is 4.07. The maximum atomic E-state index is 10.1. The molecule has 4 nitrogen and oxygen atoms in total. The van der Waals surface area contributed by atoms with Crippen molar-refractivity contribution in [1.82, 2.24) is 4.90 Å². The Bertz CT molecular complexity index is 616. The van der Waals surface area contributed by atoms with E-state index in [4.69, 9.17) is 9.47 Å². The SMILES string of the molecule is CCC(O)CN(Cc1ccccc1)Cc1cccc(OC)c1OC. The van der Waals surface area contributed by atoms with E-state index < -0.39 is 0 Å². The highest BCUT2D eigenvalue weighted by molar-refractivity contribution is 5.46. The molecule has 1 atom stereocenters. The molecule has 0 radical (unpaired) electrons. The Morgan fingerprint density at radius 1 is 0.958 bits per heavy atom. The zero-order chi connectivity index (χ0) is 17.4. The molecule has 0 heterocycles. The van der Waals surface area contributed by atoms with Crippen molar-refractivity contribution in [2.24, 2.45) is 0 Å². The Labute approximate surface area is 144 Å². The van der Waals surface area contributed by atoms with Gasteiger partial charge in [0.05, 0.1) is 20.3 Å². The lowest BCUT2D eigenvalue weighted by Crippen LogP contribution is -2.31.